The molecule has 2 N–H and O–H groups in total. The van der Waals surface area contributed by atoms with Crippen molar-refractivity contribution in [1.82, 2.24) is 19.1 Å². The molecule has 9 nitrogen and oxygen atoms in total. The summed E-state index contributed by atoms with van der Waals surface area (Å²) in [6.45, 7) is 9.83. The summed E-state index contributed by atoms with van der Waals surface area (Å²) in [6.07, 6.45) is 4.70. The third kappa shape index (κ3) is 4.27. The van der Waals surface area contributed by atoms with E-state index < -0.39 is 17.7 Å². The smallest absolute Gasteiger partial charge is 0.404 e. The largest absolute Gasteiger partial charge is 0.494 e. The lowest BCUT2D eigenvalue weighted by Crippen LogP contribution is -2.60. The van der Waals surface area contributed by atoms with Gasteiger partial charge in [0.15, 0.2) is 0 Å². The van der Waals surface area contributed by atoms with Crippen LogP contribution in [0.1, 0.15) is 62.4 Å². The molecule has 1 aromatic carbocycles. The summed E-state index contributed by atoms with van der Waals surface area (Å²) in [5.41, 5.74) is 9.92. The van der Waals surface area contributed by atoms with Gasteiger partial charge in [-0.1, -0.05) is 42.8 Å². The predicted molar refractivity (Wildman–Crippen MR) is 168 cm³/mol. The molecular weight excluding hydrogens is 610 g/mol. The number of pyridine rings is 1. The summed E-state index contributed by atoms with van der Waals surface area (Å²) in [5.74, 6) is 1.19. The van der Waals surface area contributed by atoms with Crippen LogP contribution in [0.25, 0.3) is 27.8 Å². The molecular formula is C33H38BrN5O4. The Morgan fingerprint density at radius 3 is 2.60 bits per heavy atom. The number of nitrogens with two attached hydrogens (primary N) is 1. The van der Waals surface area contributed by atoms with Crippen LogP contribution >= 0.6 is 15.9 Å². The van der Waals surface area contributed by atoms with Gasteiger partial charge in [-0.2, -0.15) is 5.10 Å². The lowest BCUT2D eigenvalue weighted by molar-refractivity contribution is -0.0359. The lowest BCUT2D eigenvalue weighted by atomic mass is 9.70. The Kier molecular flexibility index (Phi) is 6.40. The Balaban J connectivity index is 1.34. The number of aryl methyl sites for hydroxylation is 1. The number of methoxy groups -OCH3 is 1. The Hall–Kier alpha value is -3.53. The molecule has 226 valence electrons. The van der Waals surface area contributed by atoms with Crippen LogP contribution in [-0.2, 0) is 11.3 Å². The van der Waals surface area contributed by atoms with Gasteiger partial charge in [-0.3, -0.25) is 4.79 Å². The van der Waals surface area contributed by atoms with Crippen molar-refractivity contribution in [3.05, 3.63) is 52.1 Å². The van der Waals surface area contributed by atoms with Gasteiger partial charge in [0.2, 0.25) is 0 Å². The van der Waals surface area contributed by atoms with Gasteiger partial charge in [0, 0.05) is 46.1 Å². The van der Waals surface area contributed by atoms with E-state index in [-0.39, 0.29) is 17.2 Å². The number of likely N-dealkylation sites (tertiary alicyclic amines) is 1. The fourth-order valence-corrected chi connectivity index (χ4v) is 8.24. The summed E-state index contributed by atoms with van der Waals surface area (Å²) in [4.78, 5) is 28.2. The number of aromatic nitrogens is 3. The number of fused-ring (bicyclic) bond motifs is 4. The van der Waals surface area contributed by atoms with Gasteiger partial charge < -0.3 is 24.7 Å². The molecule has 2 aliphatic carbocycles. The summed E-state index contributed by atoms with van der Waals surface area (Å²) < 4.78 is 16.8. The van der Waals surface area contributed by atoms with Crippen molar-refractivity contribution in [1.29, 1.82) is 0 Å². The van der Waals surface area contributed by atoms with E-state index in [1.165, 1.54) is 23.7 Å². The topological polar surface area (TPSA) is 104 Å². The van der Waals surface area contributed by atoms with Crippen LogP contribution in [-0.4, -0.2) is 56.4 Å². The first-order valence-electron chi connectivity index (χ1n) is 15.1. The molecule has 43 heavy (non-hydrogen) atoms. The molecule has 10 heteroatoms. The van der Waals surface area contributed by atoms with Crippen LogP contribution < -0.4 is 10.5 Å². The molecule has 2 bridgehead atoms. The molecule has 3 atom stereocenters. The number of halogens is 1. The van der Waals surface area contributed by atoms with Crippen molar-refractivity contribution in [2.75, 3.05) is 13.7 Å². The minimum absolute atomic E-state index is 0.0493. The highest BCUT2D eigenvalue weighted by Gasteiger charge is 2.66. The zero-order valence-corrected chi connectivity index (χ0v) is 26.9. The second-order valence-electron chi connectivity index (χ2n) is 13.6. The minimum atomic E-state index is -0.797. The highest BCUT2D eigenvalue weighted by molar-refractivity contribution is 9.10. The van der Waals surface area contributed by atoms with E-state index in [1.807, 2.05) is 17.2 Å². The number of hydrogen-bond acceptors (Lipinski definition) is 5. The molecule has 4 aromatic rings. The monoisotopic (exact) mass is 647 g/mol. The predicted octanol–water partition coefficient (Wildman–Crippen LogP) is 6.56. The fourth-order valence-electron chi connectivity index (χ4n) is 7.89. The lowest BCUT2D eigenvalue weighted by Gasteiger charge is -2.49. The molecule has 2 unspecified atom stereocenters. The Bertz CT molecular complexity index is 1800. The van der Waals surface area contributed by atoms with Crippen LogP contribution in [0.3, 0.4) is 0 Å². The highest BCUT2D eigenvalue weighted by Crippen LogP contribution is 2.57. The van der Waals surface area contributed by atoms with Gasteiger partial charge in [-0.25, -0.2) is 9.31 Å². The number of primary amides is 1. The van der Waals surface area contributed by atoms with Crippen LogP contribution in [0, 0.1) is 24.2 Å². The molecule has 4 heterocycles. The summed E-state index contributed by atoms with van der Waals surface area (Å²) in [5, 5.41) is 6.25. The zero-order valence-electron chi connectivity index (χ0n) is 25.3. The Morgan fingerprint density at radius 2 is 1.93 bits per heavy atom. The van der Waals surface area contributed by atoms with Crippen LogP contribution in [0.5, 0.6) is 5.75 Å². The normalized spacial score (nSPS) is 23.4. The second-order valence-corrected chi connectivity index (χ2v) is 14.5. The molecule has 3 aromatic heterocycles. The minimum Gasteiger partial charge on any atom is -0.494 e. The number of nitrogens with zero attached hydrogens (tertiary/aromatic N) is 4. The maximum Gasteiger partial charge on any atom is 0.404 e. The van der Waals surface area contributed by atoms with E-state index in [4.69, 9.17) is 20.3 Å². The number of rotatable bonds is 6. The van der Waals surface area contributed by atoms with E-state index in [9.17, 15) is 9.59 Å². The van der Waals surface area contributed by atoms with Gasteiger partial charge in [-0.05, 0) is 68.2 Å². The molecule has 3 fully saturated rings. The quantitative estimate of drug-likeness (QED) is 0.255. The summed E-state index contributed by atoms with van der Waals surface area (Å²) in [7, 11) is 1.63. The average Bonchev–Trinajstić information content (AvgIpc) is 3.36. The third-order valence-corrected chi connectivity index (χ3v) is 10.6. The molecule has 3 aliphatic rings. The van der Waals surface area contributed by atoms with E-state index in [1.54, 1.807) is 11.6 Å². The first kappa shape index (κ1) is 28.3. The van der Waals surface area contributed by atoms with Crippen LogP contribution in [0.15, 0.2) is 41.0 Å². The van der Waals surface area contributed by atoms with Crippen molar-refractivity contribution in [3.8, 4) is 17.1 Å². The van der Waals surface area contributed by atoms with Gasteiger partial charge >= 0.3 is 6.09 Å². The number of amides is 2. The van der Waals surface area contributed by atoms with Gasteiger partial charge in [0.25, 0.3) is 5.91 Å². The molecule has 1 saturated heterocycles. The highest BCUT2D eigenvalue weighted by atomic mass is 79.9. The number of carbonyl (C=O) groups excluding carboxylic acids is 2. The first-order valence-corrected chi connectivity index (χ1v) is 15.9. The van der Waals surface area contributed by atoms with E-state index in [2.05, 4.69) is 72.5 Å². The van der Waals surface area contributed by atoms with Gasteiger partial charge in [0.1, 0.15) is 23.1 Å². The van der Waals surface area contributed by atoms with Crippen molar-refractivity contribution < 1.29 is 19.1 Å². The van der Waals surface area contributed by atoms with E-state index in [0.717, 1.165) is 46.3 Å². The molecule has 0 spiro atoms. The number of carbonyl (C=O) groups is 2. The number of benzene rings is 1. The molecule has 0 radical (unpaired) electrons. The molecule has 7 rings (SSSR count). The number of piperidine rings is 1. The van der Waals surface area contributed by atoms with Crippen molar-refractivity contribution in [3.63, 3.8) is 0 Å². The maximum absolute atomic E-state index is 14.4. The summed E-state index contributed by atoms with van der Waals surface area (Å²) >= 11 is 3.65. The maximum atomic E-state index is 14.4. The van der Waals surface area contributed by atoms with Crippen molar-refractivity contribution >= 4 is 44.3 Å². The Morgan fingerprint density at radius 1 is 1.16 bits per heavy atom. The van der Waals surface area contributed by atoms with Crippen LogP contribution in [0.2, 0.25) is 0 Å². The molecule has 2 amide bonds. The molecule has 1 aliphatic heterocycles. The fraction of sp³-hybridized carbons (Fsp3) is 0.485. The Labute approximate surface area is 259 Å². The third-order valence-electron chi connectivity index (χ3n) is 10.1. The van der Waals surface area contributed by atoms with Crippen LogP contribution in [0.4, 0.5) is 4.79 Å². The average molecular weight is 649 g/mol. The van der Waals surface area contributed by atoms with Gasteiger partial charge in [-0.15, -0.1) is 0 Å². The van der Waals surface area contributed by atoms with Crippen molar-refractivity contribution in [2.24, 2.45) is 23.0 Å². The zero-order chi connectivity index (χ0) is 30.4. The van der Waals surface area contributed by atoms with E-state index >= 15 is 0 Å². The second kappa shape index (κ2) is 9.74. The SMILES string of the molecule is COc1cc(C(=O)N2CC3CCC2(C(C)(C)C)[C@@H]3OC(N)=O)cn2nc(-c3cc4ccc(Br)cc4n3CC3CC3)c(C)c12. The first-order chi connectivity index (χ1) is 20.4. The standard InChI is InChI=1S/C33H38BrN5O4/c1-18-27(25-12-20-8-9-23(34)14-24(20)37(25)15-19-6-7-19)36-39-17-22(13-26(42-5)28(18)39)30(40)38-16-21-10-11-33(38,32(2,3)4)29(21)43-31(35)41/h8-9,12-14,17,19,21,29H,6-7,10-11,15-16H2,1-5H3,(H2,35,41)/t21?,29-,33?/m1/s1. The van der Waals surface area contributed by atoms with Crippen molar-refractivity contribution in [2.45, 2.75) is 71.6 Å². The number of ether oxygens (including phenoxy) is 2. The summed E-state index contributed by atoms with van der Waals surface area (Å²) in [6, 6.07) is 10.4. The number of hydrogen-bond donors (Lipinski definition) is 1. The van der Waals surface area contributed by atoms with E-state index in [0.29, 0.717) is 23.8 Å². The van der Waals surface area contributed by atoms with Gasteiger partial charge in [0.05, 0.1) is 23.9 Å². The molecule has 2 saturated carbocycles.